The van der Waals surface area contributed by atoms with Crippen molar-refractivity contribution in [2.75, 3.05) is 5.73 Å². The number of hydrogen-bond donors (Lipinski definition) is 1. The third kappa shape index (κ3) is 1.67. The van der Waals surface area contributed by atoms with E-state index in [1.807, 2.05) is 29.6 Å². The van der Waals surface area contributed by atoms with Crippen LogP contribution in [0.2, 0.25) is 0 Å². The Bertz CT molecular complexity index is 743. The summed E-state index contributed by atoms with van der Waals surface area (Å²) >= 11 is 1.52. The van der Waals surface area contributed by atoms with Gasteiger partial charge in [-0.15, -0.1) is 11.3 Å². The minimum atomic E-state index is -0.0605. The van der Waals surface area contributed by atoms with Crippen LogP contribution in [-0.2, 0) is 5.41 Å². The molecule has 0 unspecified atom stereocenters. The first-order valence-electron chi connectivity index (χ1n) is 6.53. The molecule has 0 spiro atoms. The second kappa shape index (κ2) is 4.18. The molecule has 2 N–H and O–H groups in total. The van der Waals surface area contributed by atoms with E-state index in [4.69, 9.17) is 10.3 Å². The summed E-state index contributed by atoms with van der Waals surface area (Å²) in [6.07, 6.45) is 2.13. The molecule has 0 atom stereocenters. The highest BCUT2D eigenvalue weighted by atomic mass is 32.1. The van der Waals surface area contributed by atoms with Gasteiger partial charge in [0, 0.05) is 0 Å². The quantitative estimate of drug-likeness (QED) is 0.799. The fraction of sp³-hybridized carbons (Fsp3) is 0.200. The molecule has 20 heavy (non-hydrogen) atoms. The summed E-state index contributed by atoms with van der Waals surface area (Å²) in [5, 5.41) is 6.12. The topological polar surface area (TPSA) is 64.9 Å². The molecule has 0 bridgehead atoms. The van der Waals surface area contributed by atoms with E-state index >= 15 is 0 Å². The fourth-order valence-electron chi connectivity index (χ4n) is 2.53. The van der Waals surface area contributed by atoms with Gasteiger partial charge in [0.1, 0.15) is 4.88 Å². The molecule has 3 aromatic rings. The normalized spacial score (nSPS) is 16.2. The number of benzene rings is 1. The molecule has 0 saturated heterocycles. The SMILES string of the molecule is Nc1ccsc1-c1nc(C2(c3ccccc3)CC2)no1. The Hall–Kier alpha value is -2.14. The van der Waals surface area contributed by atoms with Gasteiger partial charge in [0.05, 0.1) is 11.1 Å². The van der Waals surface area contributed by atoms with Crippen LogP contribution in [-0.4, -0.2) is 10.1 Å². The molecule has 1 fully saturated rings. The first-order chi connectivity index (χ1) is 9.79. The van der Waals surface area contributed by atoms with Crippen LogP contribution in [0.1, 0.15) is 24.2 Å². The first-order valence-corrected chi connectivity index (χ1v) is 7.41. The zero-order chi connectivity index (χ0) is 13.6. The molecule has 4 rings (SSSR count). The van der Waals surface area contributed by atoms with Gasteiger partial charge in [0.15, 0.2) is 5.82 Å². The molecule has 1 saturated carbocycles. The van der Waals surface area contributed by atoms with Crippen LogP contribution in [0.5, 0.6) is 0 Å². The highest BCUT2D eigenvalue weighted by Crippen LogP contribution is 2.52. The number of hydrogen-bond acceptors (Lipinski definition) is 5. The van der Waals surface area contributed by atoms with Crippen LogP contribution in [0.25, 0.3) is 10.8 Å². The summed E-state index contributed by atoms with van der Waals surface area (Å²) in [5.41, 5.74) is 7.79. The van der Waals surface area contributed by atoms with E-state index in [0.717, 1.165) is 23.5 Å². The Morgan fingerprint density at radius 1 is 1.15 bits per heavy atom. The third-order valence-corrected chi connectivity index (χ3v) is 4.74. The maximum atomic E-state index is 5.90. The fourth-order valence-corrected chi connectivity index (χ4v) is 3.27. The predicted molar refractivity (Wildman–Crippen MR) is 78.5 cm³/mol. The molecule has 0 amide bonds. The summed E-state index contributed by atoms with van der Waals surface area (Å²) < 4.78 is 5.41. The predicted octanol–water partition coefficient (Wildman–Crippen LogP) is 3.46. The Morgan fingerprint density at radius 3 is 2.60 bits per heavy atom. The van der Waals surface area contributed by atoms with Crippen molar-refractivity contribution in [2.45, 2.75) is 18.3 Å². The largest absolute Gasteiger partial charge is 0.397 e. The highest BCUT2D eigenvalue weighted by molar-refractivity contribution is 7.14. The number of rotatable bonds is 3. The van der Waals surface area contributed by atoms with Gasteiger partial charge in [-0.3, -0.25) is 0 Å². The number of aromatic nitrogens is 2. The van der Waals surface area contributed by atoms with Crippen molar-refractivity contribution in [1.29, 1.82) is 0 Å². The van der Waals surface area contributed by atoms with Crippen molar-refractivity contribution in [3.05, 3.63) is 53.2 Å². The second-order valence-electron chi connectivity index (χ2n) is 5.08. The van der Waals surface area contributed by atoms with E-state index < -0.39 is 0 Å². The third-order valence-electron chi connectivity index (χ3n) is 3.82. The average molecular weight is 283 g/mol. The molecule has 0 radical (unpaired) electrons. The molecule has 1 aromatic carbocycles. The van der Waals surface area contributed by atoms with Gasteiger partial charge in [0.25, 0.3) is 5.89 Å². The van der Waals surface area contributed by atoms with Crippen LogP contribution >= 0.6 is 11.3 Å². The highest BCUT2D eigenvalue weighted by Gasteiger charge is 2.50. The molecular formula is C15H13N3OS. The maximum absolute atomic E-state index is 5.90. The van der Waals surface area contributed by atoms with Crippen LogP contribution < -0.4 is 5.73 Å². The first kappa shape index (κ1) is 11.7. The Balaban J connectivity index is 1.74. The number of nitrogens with zero attached hydrogens (tertiary/aromatic N) is 2. The van der Waals surface area contributed by atoms with Crippen molar-refractivity contribution in [3.63, 3.8) is 0 Å². The summed E-state index contributed by atoms with van der Waals surface area (Å²) in [4.78, 5) is 5.43. The Kier molecular flexibility index (Phi) is 2.44. The standard InChI is InChI=1S/C15H13N3OS/c16-11-6-9-20-12(11)13-17-14(18-19-13)15(7-8-15)10-4-2-1-3-5-10/h1-6,9H,7-8,16H2. The van der Waals surface area contributed by atoms with Crippen molar-refractivity contribution in [3.8, 4) is 10.8 Å². The van der Waals surface area contributed by atoms with Gasteiger partial charge < -0.3 is 10.3 Å². The van der Waals surface area contributed by atoms with Gasteiger partial charge in [-0.2, -0.15) is 4.98 Å². The minimum Gasteiger partial charge on any atom is -0.397 e. The van der Waals surface area contributed by atoms with E-state index in [-0.39, 0.29) is 5.41 Å². The molecule has 2 heterocycles. The summed E-state index contributed by atoms with van der Waals surface area (Å²) in [7, 11) is 0. The average Bonchev–Trinajstić information content (AvgIpc) is 2.94. The van der Waals surface area contributed by atoms with Crippen molar-refractivity contribution in [2.24, 2.45) is 0 Å². The molecule has 1 aliphatic rings. The van der Waals surface area contributed by atoms with Crippen molar-refractivity contribution >= 4 is 17.0 Å². The second-order valence-corrected chi connectivity index (χ2v) is 5.99. The smallest absolute Gasteiger partial charge is 0.270 e. The molecule has 0 aliphatic heterocycles. The molecule has 4 nitrogen and oxygen atoms in total. The lowest BCUT2D eigenvalue weighted by Gasteiger charge is -2.09. The van der Waals surface area contributed by atoms with Gasteiger partial charge in [-0.05, 0) is 29.9 Å². The van der Waals surface area contributed by atoms with E-state index in [0.29, 0.717) is 11.6 Å². The van der Waals surface area contributed by atoms with Gasteiger partial charge in [-0.1, -0.05) is 35.5 Å². The lowest BCUT2D eigenvalue weighted by Crippen LogP contribution is -2.10. The lowest BCUT2D eigenvalue weighted by molar-refractivity contribution is 0.419. The number of anilines is 1. The number of nitrogens with two attached hydrogens (primary N) is 1. The number of thiophene rings is 1. The van der Waals surface area contributed by atoms with E-state index in [1.54, 1.807) is 0 Å². The molecule has 100 valence electrons. The van der Waals surface area contributed by atoms with Gasteiger partial charge in [-0.25, -0.2) is 0 Å². The van der Waals surface area contributed by atoms with E-state index in [9.17, 15) is 0 Å². The zero-order valence-electron chi connectivity index (χ0n) is 10.7. The van der Waals surface area contributed by atoms with Crippen LogP contribution in [0.15, 0.2) is 46.3 Å². The van der Waals surface area contributed by atoms with E-state index in [1.165, 1.54) is 16.9 Å². The Morgan fingerprint density at radius 2 is 1.95 bits per heavy atom. The minimum absolute atomic E-state index is 0.0605. The summed E-state index contributed by atoms with van der Waals surface area (Å²) in [6.45, 7) is 0. The van der Waals surface area contributed by atoms with Crippen LogP contribution in [0.3, 0.4) is 0 Å². The van der Waals surface area contributed by atoms with Gasteiger partial charge >= 0.3 is 0 Å². The Labute approximate surface area is 120 Å². The van der Waals surface area contributed by atoms with E-state index in [2.05, 4.69) is 22.3 Å². The maximum Gasteiger partial charge on any atom is 0.270 e. The molecule has 2 aromatic heterocycles. The molecule has 5 heteroatoms. The van der Waals surface area contributed by atoms with Crippen LogP contribution in [0, 0.1) is 0 Å². The monoisotopic (exact) mass is 283 g/mol. The number of nitrogen functional groups attached to an aromatic ring is 1. The van der Waals surface area contributed by atoms with Crippen LogP contribution in [0.4, 0.5) is 5.69 Å². The zero-order valence-corrected chi connectivity index (χ0v) is 11.6. The molecule has 1 aliphatic carbocycles. The van der Waals surface area contributed by atoms with Crippen molar-refractivity contribution in [1.82, 2.24) is 10.1 Å². The lowest BCUT2D eigenvalue weighted by atomic mass is 9.95. The summed E-state index contributed by atoms with van der Waals surface area (Å²) in [5.74, 6) is 1.29. The van der Waals surface area contributed by atoms with Crippen molar-refractivity contribution < 1.29 is 4.52 Å². The molecular weight excluding hydrogens is 270 g/mol. The van der Waals surface area contributed by atoms with Gasteiger partial charge in [0.2, 0.25) is 0 Å². The summed E-state index contributed by atoms with van der Waals surface area (Å²) in [6, 6.07) is 12.2.